The topological polar surface area (TPSA) is 44.1 Å². The molecule has 4 heteroatoms. The SMILES string of the molecule is CCc1cc2ncn(C(=O)OC)c2cc1CC. The van der Waals surface area contributed by atoms with E-state index < -0.39 is 6.09 Å². The molecule has 0 saturated heterocycles. The fraction of sp³-hybridized carbons (Fsp3) is 0.385. The molecule has 1 heterocycles. The Morgan fingerprint density at radius 2 is 1.94 bits per heavy atom. The third-order valence-corrected chi connectivity index (χ3v) is 3.00. The highest BCUT2D eigenvalue weighted by Gasteiger charge is 2.12. The molecule has 0 fully saturated rings. The fourth-order valence-corrected chi connectivity index (χ4v) is 2.04. The first kappa shape index (κ1) is 11.6. The second-order valence-corrected chi connectivity index (χ2v) is 3.90. The van der Waals surface area contributed by atoms with Crippen molar-refractivity contribution in [1.29, 1.82) is 0 Å². The van der Waals surface area contributed by atoms with Crippen LogP contribution in [0.2, 0.25) is 0 Å². The van der Waals surface area contributed by atoms with Crippen LogP contribution in [-0.2, 0) is 17.6 Å². The molecule has 1 aromatic carbocycles. The van der Waals surface area contributed by atoms with Gasteiger partial charge in [0.25, 0.3) is 0 Å². The van der Waals surface area contributed by atoms with E-state index in [9.17, 15) is 4.79 Å². The molecule has 2 aromatic rings. The highest BCUT2D eigenvalue weighted by atomic mass is 16.5. The van der Waals surface area contributed by atoms with Gasteiger partial charge in [0.1, 0.15) is 6.33 Å². The van der Waals surface area contributed by atoms with E-state index in [2.05, 4.69) is 18.8 Å². The first-order chi connectivity index (χ1) is 8.21. The summed E-state index contributed by atoms with van der Waals surface area (Å²) in [7, 11) is 1.37. The number of carbonyl (C=O) groups excluding carboxylic acids is 1. The molecule has 0 aliphatic carbocycles. The van der Waals surface area contributed by atoms with E-state index in [1.54, 1.807) is 0 Å². The van der Waals surface area contributed by atoms with Crippen LogP contribution in [-0.4, -0.2) is 22.8 Å². The molecule has 0 radical (unpaired) electrons. The Kier molecular flexibility index (Phi) is 3.13. The van der Waals surface area contributed by atoms with Crippen LogP contribution in [0.1, 0.15) is 25.0 Å². The maximum Gasteiger partial charge on any atom is 0.419 e. The highest BCUT2D eigenvalue weighted by molar-refractivity contribution is 5.87. The van der Waals surface area contributed by atoms with E-state index in [0.717, 1.165) is 23.9 Å². The summed E-state index contributed by atoms with van der Waals surface area (Å²) in [6, 6.07) is 4.08. The molecule has 0 aliphatic rings. The summed E-state index contributed by atoms with van der Waals surface area (Å²) in [5, 5.41) is 0. The van der Waals surface area contributed by atoms with Gasteiger partial charge in [0.2, 0.25) is 0 Å². The Morgan fingerprint density at radius 3 is 2.53 bits per heavy atom. The van der Waals surface area contributed by atoms with Crippen molar-refractivity contribution in [1.82, 2.24) is 9.55 Å². The van der Waals surface area contributed by atoms with E-state index in [-0.39, 0.29) is 0 Å². The first-order valence-corrected chi connectivity index (χ1v) is 5.78. The van der Waals surface area contributed by atoms with Crippen LogP contribution in [0.4, 0.5) is 4.79 Å². The molecule has 0 atom stereocenters. The van der Waals surface area contributed by atoms with Gasteiger partial charge in [-0.2, -0.15) is 0 Å². The predicted octanol–water partition coefficient (Wildman–Crippen LogP) is 2.78. The van der Waals surface area contributed by atoms with Gasteiger partial charge in [-0.3, -0.25) is 0 Å². The minimum atomic E-state index is -0.404. The monoisotopic (exact) mass is 232 g/mol. The molecule has 1 aromatic heterocycles. The second kappa shape index (κ2) is 4.57. The molecule has 2 rings (SSSR count). The zero-order chi connectivity index (χ0) is 12.4. The number of aryl methyl sites for hydroxylation is 2. The number of ether oxygens (including phenoxy) is 1. The number of fused-ring (bicyclic) bond motifs is 1. The average molecular weight is 232 g/mol. The van der Waals surface area contributed by atoms with Gasteiger partial charge in [0, 0.05) is 0 Å². The van der Waals surface area contributed by atoms with Crippen LogP contribution in [0.25, 0.3) is 11.0 Å². The number of rotatable bonds is 2. The number of methoxy groups -OCH3 is 1. The van der Waals surface area contributed by atoms with E-state index in [1.807, 2.05) is 12.1 Å². The minimum Gasteiger partial charge on any atom is -0.452 e. The second-order valence-electron chi connectivity index (χ2n) is 3.90. The van der Waals surface area contributed by atoms with Crippen molar-refractivity contribution in [3.8, 4) is 0 Å². The third kappa shape index (κ3) is 1.90. The molecule has 0 unspecified atom stereocenters. The van der Waals surface area contributed by atoms with Crippen molar-refractivity contribution in [3.05, 3.63) is 29.6 Å². The summed E-state index contributed by atoms with van der Waals surface area (Å²) in [5.74, 6) is 0. The van der Waals surface area contributed by atoms with Crippen molar-refractivity contribution in [3.63, 3.8) is 0 Å². The van der Waals surface area contributed by atoms with Gasteiger partial charge in [0.05, 0.1) is 18.1 Å². The molecule has 4 nitrogen and oxygen atoms in total. The van der Waals surface area contributed by atoms with Crippen LogP contribution in [0.15, 0.2) is 18.5 Å². The van der Waals surface area contributed by atoms with Gasteiger partial charge < -0.3 is 4.74 Å². The van der Waals surface area contributed by atoms with Gasteiger partial charge in [-0.1, -0.05) is 13.8 Å². The zero-order valence-corrected chi connectivity index (χ0v) is 10.4. The van der Waals surface area contributed by atoms with E-state index in [0.29, 0.717) is 0 Å². The first-order valence-electron chi connectivity index (χ1n) is 5.78. The number of hydrogen-bond donors (Lipinski definition) is 0. The fourth-order valence-electron chi connectivity index (χ4n) is 2.04. The molecule has 0 saturated carbocycles. The zero-order valence-electron chi connectivity index (χ0n) is 10.4. The molecular weight excluding hydrogens is 216 g/mol. The van der Waals surface area contributed by atoms with Gasteiger partial charge in [-0.05, 0) is 36.1 Å². The van der Waals surface area contributed by atoms with Crippen molar-refractivity contribution < 1.29 is 9.53 Å². The van der Waals surface area contributed by atoms with Crippen molar-refractivity contribution in [2.75, 3.05) is 7.11 Å². The Labute approximate surface area is 100 Å². The number of aromatic nitrogens is 2. The van der Waals surface area contributed by atoms with Crippen LogP contribution < -0.4 is 0 Å². The third-order valence-electron chi connectivity index (χ3n) is 3.00. The normalized spacial score (nSPS) is 10.8. The Morgan fingerprint density at radius 1 is 1.29 bits per heavy atom. The average Bonchev–Trinajstić information content (AvgIpc) is 2.78. The lowest BCUT2D eigenvalue weighted by molar-refractivity contribution is 0.174. The maximum absolute atomic E-state index is 11.5. The Balaban J connectivity index is 2.65. The smallest absolute Gasteiger partial charge is 0.419 e. The lowest BCUT2D eigenvalue weighted by atomic mass is 10.0. The van der Waals surface area contributed by atoms with Gasteiger partial charge >= 0.3 is 6.09 Å². The summed E-state index contributed by atoms with van der Waals surface area (Å²) < 4.78 is 6.16. The van der Waals surface area contributed by atoms with Crippen LogP contribution >= 0.6 is 0 Å². The van der Waals surface area contributed by atoms with Crippen LogP contribution in [0.5, 0.6) is 0 Å². The number of carbonyl (C=O) groups is 1. The van der Waals surface area contributed by atoms with Crippen LogP contribution in [0.3, 0.4) is 0 Å². The highest BCUT2D eigenvalue weighted by Crippen LogP contribution is 2.20. The van der Waals surface area contributed by atoms with Crippen molar-refractivity contribution in [2.45, 2.75) is 26.7 Å². The van der Waals surface area contributed by atoms with Gasteiger partial charge in [0.15, 0.2) is 0 Å². The molecule has 0 bridgehead atoms. The molecule has 0 N–H and O–H groups in total. The summed E-state index contributed by atoms with van der Waals surface area (Å²) in [5.41, 5.74) is 4.19. The van der Waals surface area contributed by atoms with Crippen molar-refractivity contribution in [2.24, 2.45) is 0 Å². The number of nitrogens with zero attached hydrogens (tertiary/aromatic N) is 2. The molecule has 0 aliphatic heterocycles. The molecule has 90 valence electrons. The van der Waals surface area contributed by atoms with E-state index >= 15 is 0 Å². The molecular formula is C13H16N2O2. The summed E-state index contributed by atoms with van der Waals surface area (Å²) in [6.07, 6.45) is 3.03. The number of benzene rings is 1. The maximum atomic E-state index is 11.5. The summed E-state index contributed by atoms with van der Waals surface area (Å²) in [6.45, 7) is 4.23. The summed E-state index contributed by atoms with van der Waals surface area (Å²) in [4.78, 5) is 15.8. The Hall–Kier alpha value is -1.84. The number of imidazole rings is 1. The molecule has 0 amide bonds. The quantitative estimate of drug-likeness (QED) is 0.799. The van der Waals surface area contributed by atoms with Gasteiger partial charge in [-0.15, -0.1) is 0 Å². The Bertz CT molecular complexity index is 558. The minimum absolute atomic E-state index is 0.404. The largest absolute Gasteiger partial charge is 0.452 e. The number of hydrogen-bond acceptors (Lipinski definition) is 3. The lowest BCUT2D eigenvalue weighted by Crippen LogP contribution is -2.09. The molecule has 0 spiro atoms. The van der Waals surface area contributed by atoms with E-state index in [4.69, 9.17) is 4.74 Å². The van der Waals surface area contributed by atoms with Gasteiger partial charge in [-0.25, -0.2) is 14.3 Å². The standard InChI is InChI=1S/C13H16N2O2/c1-4-9-6-11-12(7-10(9)5-2)15(8-14-11)13(16)17-3/h6-8H,4-5H2,1-3H3. The lowest BCUT2D eigenvalue weighted by Gasteiger charge is -2.07. The molecule has 17 heavy (non-hydrogen) atoms. The van der Waals surface area contributed by atoms with Crippen LogP contribution in [0, 0.1) is 0 Å². The van der Waals surface area contributed by atoms with E-state index in [1.165, 1.54) is 29.1 Å². The van der Waals surface area contributed by atoms with Crippen molar-refractivity contribution >= 4 is 17.1 Å². The predicted molar refractivity (Wildman–Crippen MR) is 66.3 cm³/mol. The summed E-state index contributed by atoms with van der Waals surface area (Å²) >= 11 is 0.